The third-order valence-corrected chi connectivity index (χ3v) is 5.73. The van der Waals surface area contributed by atoms with Crippen LogP contribution < -0.4 is 10.9 Å². The minimum atomic E-state index is -5.13. The number of rotatable bonds is 3. The number of H-pyrrole nitrogens is 1. The number of halogens is 3. The second-order valence-corrected chi connectivity index (χ2v) is 7.93. The third-order valence-electron chi connectivity index (χ3n) is 5.73. The number of carbonyl (C=O) groups is 1. The second-order valence-electron chi connectivity index (χ2n) is 7.93. The number of aromatic nitrogens is 4. The van der Waals surface area contributed by atoms with E-state index < -0.39 is 23.6 Å². The highest BCUT2D eigenvalue weighted by atomic mass is 19.4. The van der Waals surface area contributed by atoms with Crippen molar-refractivity contribution in [2.24, 2.45) is 14.1 Å². The number of carbonyl (C=O) groups excluding carboxylic acids is 1. The zero-order valence-corrected chi connectivity index (χ0v) is 18.1. The Labute approximate surface area is 190 Å². The number of aromatic amines is 1. The van der Waals surface area contributed by atoms with Gasteiger partial charge in [0.15, 0.2) is 0 Å². The quantitative estimate of drug-likeness (QED) is 0.409. The third kappa shape index (κ3) is 3.43. The Kier molecular flexibility index (Phi) is 4.82. The fourth-order valence-electron chi connectivity index (χ4n) is 4.23. The van der Waals surface area contributed by atoms with Crippen molar-refractivity contribution < 1.29 is 18.0 Å². The first-order valence-electron chi connectivity index (χ1n) is 10.3. The van der Waals surface area contributed by atoms with Gasteiger partial charge in [0.1, 0.15) is 0 Å². The minimum Gasteiger partial charge on any atom is -0.350 e. The number of amides is 1. The van der Waals surface area contributed by atoms with Crippen LogP contribution in [-0.4, -0.2) is 31.2 Å². The van der Waals surface area contributed by atoms with E-state index >= 15 is 0 Å². The molecule has 3 aromatic heterocycles. The molecule has 0 spiro atoms. The summed E-state index contributed by atoms with van der Waals surface area (Å²) in [7, 11) is 3.66. The van der Waals surface area contributed by atoms with Gasteiger partial charge in [0.05, 0.1) is 11.3 Å². The van der Waals surface area contributed by atoms with Gasteiger partial charge in [-0.15, -0.1) is 0 Å². The van der Waals surface area contributed by atoms with Crippen LogP contribution in [-0.2, 0) is 18.9 Å². The van der Waals surface area contributed by atoms with Crippen LogP contribution in [0.25, 0.3) is 44.2 Å². The van der Waals surface area contributed by atoms with Crippen molar-refractivity contribution in [3.05, 3.63) is 71.3 Å². The number of para-hydroxylation sites is 2. The molecular formula is C24H18F3N5O2. The number of hydrogen-bond acceptors (Lipinski definition) is 3. The normalized spacial score (nSPS) is 11.9. The van der Waals surface area contributed by atoms with Crippen LogP contribution in [0.4, 0.5) is 19.1 Å². The van der Waals surface area contributed by atoms with Crippen molar-refractivity contribution in [1.82, 2.24) is 19.1 Å². The second kappa shape index (κ2) is 7.62. The van der Waals surface area contributed by atoms with Crippen LogP contribution in [0.1, 0.15) is 0 Å². The van der Waals surface area contributed by atoms with E-state index in [1.807, 2.05) is 71.8 Å². The predicted octanol–water partition coefficient (Wildman–Crippen LogP) is 4.59. The number of benzene rings is 2. The van der Waals surface area contributed by atoms with Crippen LogP contribution in [0.5, 0.6) is 0 Å². The number of nitrogens with zero attached hydrogens (tertiary/aromatic N) is 3. The van der Waals surface area contributed by atoms with Crippen LogP contribution >= 0.6 is 0 Å². The number of aryl methyl sites for hydroxylation is 2. The first-order valence-corrected chi connectivity index (χ1v) is 10.3. The molecule has 0 aliphatic heterocycles. The molecule has 0 atom stereocenters. The van der Waals surface area contributed by atoms with E-state index in [9.17, 15) is 22.8 Å². The molecule has 34 heavy (non-hydrogen) atoms. The highest BCUT2D eigenvalue weighted by molar-refractivity contribution is 6.04. The number of nitrogens with one attached hydrogen (secondary N) is 2. The summed E-state index contributed by atoms with van der Waals surface area (Å²) in [6.45, 7) is 0. The van der Waals surface area contributed by atoms with Crippen LogP contribution in [0.2, 0.25) is 0 Å². The van der Waals surface area contributed by atoms with Gasteiger partial charge in [0, 0.05) is 59.4 Å². The van der Waals surface area contributed by atoms with Gasteiger partial charge < -0.3 is 9.13 Å². The largest absolute Gasteiger partial charge is 0.471 e. The molecule has 0 bridgehead atoms. The van der Waals surface area contributed by atoms with Crippen molar-refractivity contribution in [3.63, 3.8) is 0 Å². The number of hydrogen-bond donors (Lipinski definition) is 2. The Balaban J connectivity index is 1.83. The molecule has 0 unspecified atom stereocenters. The summed E-state index contributed by atoms with van der Waals surface area (Å²) in [5.74, 6) is -2.81. The smallest absolute Gasteiger partial charge is 0.350 e. The molecule has 5 rings (SSSR count). The summed E-state index contributed by atoms with van der Waals surface area (Å²) in [6.07, 6.45) is -1.59. The SMILES string of the molecule is Cn1cc(-c2nc(NC(=O)C(F)(F)F)[nH]c(=O)c2-c2cn(C)c3ccccc23)c2ccccc21. The van der Waals surface area contributed by atoms with Crippen LogP contribution in [0.15, 0.2) is 65.7 Å². The predicted molar refractivity (Wildman–Crippen MR) is 123 cm³/mol. The molecule has 0 aliphatic rings. The zero-order chi connectivity index (χ0) is 24.2. The molecule has 7 nitrogen and oxygen atoms in total. The van der Waals surface area contributed by atoms with E-state index in [0.717, 1.165) is 21.8 Å². The van der Waals surface area contributed by atoms with Gasteiger partial charge >= 0.3 is 12.1 Å². The molecule has 2 N–H and O–H groups in total. The lowest BCUT2D eigenvalue weighted by molar-refractivity contribution is -0.167. The van der Waals surface area contributed by atoms with Gasteiger partial charge in [0.2, 0.25) is 5.95 Å². The first-order chi connectivity index (χ1) is 16.1. The summed E-state index contributed by atoms with van der Waals surface area (Å²) in [5.41, 5.74) is 2.52. The van der Waals surface area contributed by atoms with Gasteiger partial charge in [-0.2, -0.15) is 13.2 Å². The summed E-state index contributed by atoms with van der Waals surface area (Å²) in [4.78, 5) is 31.5. The molecular weight excluding hydrogens is 447 g/mol. The molecule has 0 saturated heterocycles. The summed E-state index contributed by atoms with van der Waals surface area (Å²) < 4.78 is 42.3. The highest BCUT2D eigenvalue weighted by Gasteiger charge is 2.39. The van der Waals surface area contributed by atoms with Gasteiger partial charge in [-0.25, -0.2) is 4.98 Å². The fourth-order valence-corrected chi connectivity index (χ4v) is 4.23. The summed E-state index contributed by atoms with van der Waals surface area (Å²) >= 11 is 0. The maximum Gasteiger partial charge on any atom is 0.471 e. The highest BCUT2D eigenvalue weighted by Crippen LogP contribution is 2.37. The summed E-state index contributed by atoms with van der Waals surface area (Å²) in [5, 5.41) is 3.21. The van der Waals surface area contributed by atoms with E-state index in [1.54, 1.807) is 17.7 Å². The van der Waals surface area contributed by atoms with Gasteiger partial charge in [0.25, 0.3) is 5.56 Å². The monoisotopic (exact) mass is 465 g/mol. The number of fused-ring (bicyclic) bond motifs is 2. The molecule has 0 aliphatic carbocycles. The van der Waals surface area contributed by atoms with Gasteiger partial charge in [-0.1, -0.05) is 36.4 Å². The van der Waals surface area contributed by atoms with E-state index in [1.165, 1.54) is 0 Å². The molecule has 3 heterocycles. The standard InChI is InChI=1S/C24H18F3N5O2/c1-31-11-15(13-7-3-5-9-17(13)31)19-20(16-12-32(2)18-10-6-4-8-14(16)18)28-23(29-21(19)33)30-22(34)24(25,26)27/h3-12H,1-2H3,(H2,28,29,30,33,34). The number of anilines is 1. The van der Waals surface area contributed by atoms with Crippen LogP contribution in [0.3, 0.4) is 0 Å². The zero-order valence-electron chi connectivity index (χ0n) is 18.1. The van der Waals surface area contributed by atoms with Crippen molar-refractivity contribution >= 4 is 33.7 Å². The number of alkyl halides is 3. The van der Waals surface area contributed by atoms with E-state index in [4.69, 9.17) is 0 Å². The lowest BCUT2D eigenvalue weighted by atomic mass is 9.99. The van der Waals surface area contributed by atoms with Gasteiger partial charge in [-0.3, -0.25) is 19.9 Å². The first kappa shape index (κ1) is 21.5. The van der Waals surface area contributed by atoms with Crippen molar-refractivity contribution in [2.75, 3.05) is 5.32 Å². The molecule has 2 aromatic carbocycles. The molecule has 0 radical (unpaired) electrons. The van der Waals surface area contributed by atoms with Crippen molar-refractivity contribution in [2.45, 2.75) is 6.18 Å². The topological polar surface area (TPSA) is 84.7 Å². The molecule has 0 saturated carbocycles. The maximum atomic E-state index is 13.3. The minimum absolute atomic E-state index is 0.161. The molecule has 5 aromatic rings. The van der Waals surface area contributed by atoms with E-state index in [-0.39, 0.29) is 11.3 Å². The average molecular weight is 465 g/mol. The molecule has 0 fully saturated rings. The fraction of sp³-hybridized carbons (Fsp3) is 0.125. The lowest BCUT2D eigenvalue weighted by Gasteiger charge is -2.11. The Hall–Kier alpha value is -4.34. The van der Waals surface area contributed by atoms with Gasteiger partial charge in [-0.05, 0) is 12.1 Å². The van der Waals surface area contributed by atoms with Crippen molar-refractivity contribution in [1.29, 1.82) is 0 Å². The van der Waals surface area contributed by atoms with Crippen molar-refractivity contribution in [3.8, 4) is 22.4 Å². The van der Waals surface area contributed by atoms with E-state index in [0.29, 0.717) is 11.1 Å². The van der Waals surface area contributed by atoms with Crippen LogP contribution in [0, 0.1) is 0 Å². The lowest BCUT2D eigenvalue weighted by Crippen LogP contribution is -2.31. The Morgan fingerprint density at radius 3 is 2.03 bits per heavy atom. The molecule has 1 amide bonds. The Morgan fingerprint density at radius 1 is 0.912 bits per heavy atom. The van der Waals surface area contributed by atoms with E-state index in [2.05, 4.69) is 9.97 Å². The Morgan fingerprint density at radius 2 is 1.44 bits per heavy atom. The Bertz CT molecular complexity index is 1640. The summed E-state index contributed by atoms with van der Waals surface area (Å²) in [6, 6.07) is 14.9. The maximum absolute atomic E-state index is 13.3. The molecule has 172 valence electrons. The average Bonchev–Trinajstić information content (AvgIpc) is 3.30. The molecule has 10 heteroatoms.